The molecule has 0 N–H and O–H groups in total. The predicted octanol–water partition coefficient (Wildman–Crippen LogP) is 3.71. The van der Waals surface area contributed by atoms with Gasteiger partial charge in [-0.2, -0.15) is 0 Å². The summed E-state index contributed by atoms with van der Waals surface area (Å²) in [7, 11) is 2.69. The van der Waals surface area contributed by atoms with Gasteiger partial charge in [-0.3, -0.25) is 14.5 Å². The molecule has 128 valence electrons. The molecule has 0 radical (unpaired) electrons. The number of ether oxygens (including phenoxy) is 2. The molecule has 1 fully saturated rings. The molecule has 1 saturated heterocycles. The van der Waals surface area contributed by atoms with Gasteiger partial charge in [0.1, 0.15) is 6.04 Å². The highest BCUT2D eigenvalue weighted by molar-refractivity contribution is 9.10. The molecule has 0 saturated carbocycles. The summed E-state index contributed by atoms with van der Waals surface area (Å²) in [5.74, 6) is -0.735. The molecule has 1 unspecified atom stereocenters. The molecule has 1 aromatic carbocycles. The molecule has 0 aliphatic carbocycles. The maximum Gasteiger partial charge on any atom is 0.328 e. The lowest BCUT2D eigenvalue weighted by atomic mass is 10.2. The van der Waals surface area contributed by atoms with E-state index in [1.807, 2.05) is 0 Å². The number of rotatable bonds is 4. The fraction of sp³-hybridized carbons (Fsp3) is 0.267. The van der Waals surface area contributed by atoms with Gasteiger partial charge in [0.2, 0.25) is 0 Å². The van der Waals surface area contributed by atoms with Gasteiger partial charge < -0.3 is 9.47 Å². The van der Waals surface area contributed by atoms with Crippen molar-refractivity contribution in [1.29, 1.82) is 0 Å². The lowest BCUT2D eigenvalue weighted by molar-refractivity contribution is -0.148. The monoisotopic (exact) mass is 433 g/mol. The lowest BCUT2D eigenvalue weighted by Crippen LogP contribution is -2.42. The topological polar surface area (TPSA) is 72.9 Å². The van der Waals surface area contributed by atoms with E-state index in [0.29, 0.717) is 20.8 Å². The molecule has 9 heteroatoms. The molecule has 24 heavy (non-hydrogen) atoms. The Hall–Kier alpha value is -1.51. The normalized spacial score (nSPS) is 17.4. The minimum atomic E-state index is -0.986. The zero-order valence-corrected chi connectivity index (χ0v) is 16.1. The summed E-state index contributed by atoms with van der Waals surface area (Å²) in [4.78, 5) is 37.1. The van der Waals surface area contributed by atoms with Gasteiger partial charge in [-0.05, 0) is 58.4 Å². The van der Waals surface area contributed by atoms with Crippen LogP contribution >= 0.6 is 39.3 Å². The Morgan fingerprint density at radius 2 is 2.04 bits per heavy atom. The number of thioether (sulfide) groups is 1. The van der Waals surface area contributed by atoms with Gasteiger partial charge in [-0.25, -0.2) is 4.79 Å². The second-order valence-corrected chi connectivity index (χ2v) is 7.02. The Morgan fingerprint density at radius 3 is 2.58 bits per heavy atom. The zero-order valence-electron chi connectivity index (χ0n) is 13.0. The van der Waals surface area contributed by atoms with Crippen molar-refractivity contribution in [3.05, 3.63) is 32.1 Å². The van der Waals surface area contributed by atoms with Crippen LogP contribution < -0.4 is 4.74 Å². The molecular weight excluding hydrogens is 422 g/mol. The van der Waals surface area contributed by atoms with Gasteiger partial charge in [0.25, 0.3) is 11.1 Å². The molecule has 6 nitrogen and oxygen atoms in total. The third kappa shape index (κ3) is 3.60. The zero-order chi connectivity index (χ0) is 18.0. The smallest absolute Gasteiger partial charge is 0.328 e. The largest absolute Gasteiger partial charge is 0.494 e. The van der Waals surface area contributed by atoms with Crippen LogP contribution in [0, 0.1) is 0 Å². The van der Waals surface area contributed by atoms with Crippen molar-refractivity contribution >= 4 is 62.5 Å². The van der Waals surface area contributed by atoms with E-state index in [-0.39, 0.29) is 4.91 Å². The van der Waals surface area contributed by atoms with Crippen molar-refractivity contribution in [2.45, 2.75) is 13.0 Å². The van der Waals surface area contributed by atoms with Crippen LogP contribution in [0.5, 0.6) is 5.75 Å². The highest BCUT2D eigenvalue weighted by Crippen LogP contribution is 2.37. The minimum Gasteiger partial charge on any atom is -0.494 e. The number of carbonyl (C=O) groups excluding carboxylic acids is 3. The van der Waals surface area contributed by atoms with Crippen LogP contribution in [-0.2, 0) is 14.3 Å². The average Bonchev–Trinajstić information content (AvgIpc) is 2.79. The molecule has 0 bridgehead atoms. The fourth-order valence-corrected chi connectivity index (χ4v) is 4.07. The second kappa shape index (κ2) is 7.58. The van der Waals surface area contributed by atoms with Crippen LogP contribution in [0.3, 0.4) is 0 Å². The van der Waals surface area contributed by atoms with Crippen molar-refractivity contribution in [2.24, 2.45) is 0 Å². The maximum atomic E-state index is 12.4. The molecule has 1 aromatic rings. The number of benzene rings is 1. The number of hydrogen-bond donors (Lipinski definition) is 0. The molecule has 0 spiro atoms. The Kier molecular flexibility index (Phi) is 5.95. The van der Waals surface area contributed by atoms with Gasteiger partial charge >= 0.3 is 5.97 Å². The fourth-order valence-electron chi connectivity index (χ4n) is 2.10. The van der Waals surface area contributed by atoms with Gasteiger partial charge in [0.15, 0.2) is 5.75 Å². The van der Waals surface area contributed by atoms with Crippen LogP contribution in [0.1, 0.15) is 12.5 Å². The Balaban J connectivity index is 2.34. The molecule has 2 amide bonds. The first kappa shape index (κ1) is 18.8. The van der Waals surface area contributed by atoms with Gasteiger partial charge in [0.05, 0.1) is 28.6 Å². The van der Waals surface area contributed by atoms with E-state index in [2.05, 4.69) is 20.7 Å². The van der Waals surface area contributed by atoms with E-state index in [1.165, 1.54) is 27.2 Å². The summed E-state index contributed by atoms with van der Waals surface area (Å²) < 4.78 is 10.3. The first-order chi connectivity index (χ1) is 11.3. The predicted molar refractivity (Wildman–Crippen MR) is 95.0 cm³/mol. The number of methoxy groups -OCH3 is 2. The Labute approximate surface area is 156 Å². The third-order valence-electron chi connectivity index (χ3n) is 3.28. The SMILES string of the molecule is COC(=O)C(C)N1C(=O)S/C(=C/c2cc(Cl)c(OC)c(Br)c2)C1=O. The van der Waals surface area contributed by atoms with E-state index in [0.717, 1.165) is 16.7 Å². The summed E-state index contributed by atoms with van der Waals surface area (Å²) in [6, 6.07) is 2.34. The van der Waals surface area contributed by atoms with Crippen molar-refractivity contribution in [1.82, 2.24) is 4.90 Å². The first-order valence-electron chi connectivity index (χ1n) is 6.68. The molecule has 1 heterocycles. The van der Waals surface area contributed by atoms with Crippen molar-refractivity contribution < 1.29 is 23.9 Å². The Morgan fingerprint density at radius 1 is 1.38 bits per heavy atom. The molecule has 0 aromatic heterocycles. The average molecular weight is 435 g/mol. The summed E-state index contributed by atoms with van der Waals surface area (Å²) in [6.45, 7) is 1.44. The number of hydrogen-bond acceptors (Lipinski definition) is 6. The van der Waals surface area contributed by atoms with Gasteiger partial charge in [-0.1, -0.05) is 11.6 Å². The van der Waals surface area contributed by atoms with Crippen molar-refractivity contribution in [2.75, 3.05) is 14.2 Å². The highest BCUT2D eigenvalue weighted by atomic mass is 79.9. The molecule has 1 aliphatic heterocycles. The summed E-state index contributed by atoms with van der Waals surface area (Å²) in [5, 5.41) is -0.164. The van der Waals surface area contributed by atoms with E-state index in [9.17, 15) is 14.4 Å². The second-order valence-electron chi connectivity index (χ2n) is 4.77. The number of halogens is 2. The number of esters is 1. The highest BCUT2D eigenvalue weighted by Gasteiger charge is 2.41. The van der Waals surface area contributed by atoms with Crippen LogP contribution in [0.2, 0.25) is 5.02 Å². The molecule has 1 aliphatic rings. The third-order valence-corrected chi connectivity index (χ3v) is 5.03. The summed E-state index contributed by atoms with van der Waals surface area (Å²) in [5.41, 5.74) is 0.615. The van der Waals surface area contributed by atoms with Gasteiger partial charge in [-0.15, -0.1) is 0 Å². The number of imide groups is 1. The summed E-state index contributed by atoms with van der Waals surface area (Å²) in [6.07, 6.45) is 1.53. The number of carbonyl (C=O) groups is 3. The summed E-state index contributed by atoms with van der Waals surface area (Å²) >= 11 is 10.2. The molecule has 1 atom stereocenters. The molecule has 2 rings (SSSR count). The quantitative estimate of drug-likeness (QED) is 0.531. The van der Waals surface area contributed by atoms with E-state index in [1.54, 1.807) is 12.1 Å². The van der Waals surface area contributed by atoms with E-state index in [4.69, 9.17) is 16.3 Å². The standard InChI is InChI=1S/C15H13BrClNO5S/c1-7(14(20)23-3)18-13(19)11(24-15(18)21)6-8-4-9(16)12(22-2)10(17)5-8/h4-7H,1-3H3/b11-6+. The first-order valence-corrected chi connectivity index (χ1v) is 8.66. The van der Waals surface area contributed by atoms with E-state index < -0.39 is 23.2 Å². The minimum absolute atomic E-state index is 0.198. The maximum absolute atomic E-state index is 12.4. The van der Waals surface area contributed by atoms with E-state index >= 15 is 0 Å². The van der Waals surface area contributed by atoms with Crippen molar-refractivity contribution in [3.63, 3.8) is 0 Å². The van der Waals surface area contributed by atoms with Gasteiger partial charge in [0, 0.05) is 0 Å². The lowest BCUT2D eigenvalue weighted by Gasteiger charge is -2.18. The van der Waals surface area contributed by atoms with Crippen LogP contribution in [0.25, 0.3) is 6.08 Å². The van der Waals surface area contributed by atoms with Crippen LogP contribution in [0.15, 0.2) is 21.5 Å². The number of amides is 2. The van der Waals surface area contributed by atoms with Crippen LogP contribution in [0.4, 0.5) is 4.79 Å². The number of nitrogens with zero attached hydrogens (tertiary/aromatic N) is 1. The van der Waals surface area contributed by atoms with Crippen LogP contribution in [-0.4, -0.2) is 42.3 Å². The Bertz CT molecular complexity index is 728. The molecular formula is C15H13BrClNO5S. The van der Waals surface area contributed by atoms with Crippen molar-refractivity contribution in [3.8, 4) is 5.75 Å².